The second-order valence-corrected chi connectivity index (χ2v) is 5.99. The van der Waals surface area contributed by atoms with Gasteiger partial charge < -0.3 is 10.2 Å². The molecule has 1 aliphatic rings. The highest BCUT2D eigenvalue weighted by molar-refractivity contribution is 5.95. The Morgan fingerprint density at radius 2 is 2.15 bits per heavy atom. The van der Waals surface area contributed by atoms with Gasteiger partial charge in [0.15, 0.2) is 0 Å². The van der Waals surface area contributed by atoms with Gasteiger partial charge in [-0.1, -0.05) is 32.0 Å². The molecule has 1 aromatic carbocycles. The van der Waals surface area contributed by atoms with Crippen LogP contribution in [0.1, 0.15) is 45.6 Å². The van der Waals surface area contributed by atoms with E-state index in [0.29, 0.717) is 18.5 Å². The quantitative estimate of drug-likeness (QED) is 0.837. The predicted molar refractivity (Wildman–Crippen MR) is 84.1 cm³/mol. The number of carbonyl (C=O) groups excluding carboxylic acids is 1. The Kier molecular flexibility index (Phi) is 5.18. The van der Waals surface area contributed by atoms with Crippen molar-refractivity contribution >= 4 is 11.6 Å². The molecule has 110 valence electrons. The highest BCUT2D eigenvalue weighted by Crippen LogP contribution is 2.30. The lowest BCUT2D eigenvalue weighted by atomic mass is 9.96. The normalized spacial score (nSPS) is 18.2. The summed E-state index contributed by atoms with van der Waals surface area (Å²) in [5, 5.41) is 3.36. The molecule has 1 N–H and O–H groups in total. The van der Waals surface area contributed by atoms with Gasteiger partial charge in [-0.2, -0.15) is 0 Å². The summed E-state index contributed by atoms with van der Waals surface area (Å²) in [7, 11) is 0. The first kappa shape index (κ1) is 15.0. The van der Waals surface area contributed by atoms with Crippen molar-refractivity contribution < 1.29 is 4.79 Å². The molecule has 1 amide bonds. The number of amides is 1. The van der Waals surface area contributed by atoms with Crippen LogP contribution in [0.4, 0.5) is 5.69 Å². The molecule has 1 aromatic rings. The first-order chi connectivity index (χ1) is 9.59. The lowest BCUT2D eigenvalue weighted by Gasteiger charge is -2.35. The maximum Gasteiger partial charge on any atom is 0.227 e. The van der Waals surface area contributed by atoms with E-state index in [1.54, 1.807) is 0 Å². The Bertz CT molecular complexity index is 456. The van der Waals surface area contributed by atoms with Crippen LogP contribution >= 0.6 is 0 Å². The Hall–Kier alpha value is -1.35. The average molecular weight is 274 g/mol. The molecular weight excluding hydrogens is 248 g/mol. The Balaban J connectivity index is 1.98. The number of rotatable bonds is 5. The number of anilines is 1. The van der Waals surface area contributed by atoms with Crippen LogP contribution in [0.2, 0.25) is 0 Å². The second kappa shape index (κ2) is 6.89. The van der Waals surface area contributed by atoms with Crippen molar-refractivity contribution in [1.29, 1.82) is 0 Å². The molecular formula is C17H26N2O. The molecule has 1 aliphatic heterocycles. The Labute approximate surface area is 122 Å². The molecule has 1 heterocycles. The van der Waals surface area contributed by atoms with Crippen molar-refractivity contribution in [1.82, 2.24) is 5.32 Å². The molecule has 0 radical (unpaired) electrons. The summed E-state index contributed by atoms with van der Waals surface area (Å²) in [6, 6.07) is 9.11. The van der Waals surface area contributed by atoms with Crippen LogP contribution in [0.5, 0.6) is 0 Å². The van der Waals surface area contributed by atoms with Crippen LogP contribution in [0.3, 0.4) is 0 Å². The van der Waals surface area contributed by atoms with Crippen molar-refractivity contribution in [3.8, 4) is 0 Å². The van der Waals surface area contributed by atoms with E-state index in [4.69, 9.17) is 0 Å². The van der Waals surface area contributed by atoms with Crippen LogP contribution in [-0.2, 0) is 11.2 Å². The molecule has 0 spiro atoms. The zero-order chi connectivity index (χ0) is 14.5. The zero-order valence-electron chi connectivity index (χ0n) is 12.9. The van der Waals surface area contributed by atoms with Gasteiger partial charge in [0.1, 0.15) is 0 Å². The van der Waals surface area contributed by atoms with Crippen molar-refractivity contribution in [3.05, 3.63) is 29.8 Å². The van der Waals surface area contributed by atoms with Crippen molar-refractivity contribution in [2.75, 3.05) is 11.4 Å². The van der Waals surface area contributed by atoms with Gasteiger partial charge >= 0.3 is 0 Å². The number of fused-ring (bicyclic) bond motifs is 1. The van der Waals surface area contributed by atoms with E-state index >= 15 is 0 Å². The largest absolute Gasteiger partial charge is 0.315 e. The lowest BCUT2D eigenvalue weighted by molar-refractivity contribution is -0.119. The van der Waals surface area contributed by atoms with Gasteiger partial charge in [0.25, 0.3) is 0 Å². The molecule has 0 fully saturated rings. The molecule has 3 heteroatoms. The highest BCUT2D eigenvalue weighted by Gasteiger charge is 2.27. The van der Waals surface area contributed by atoms with Gasteiger partial charge in [0, 0.05) is 24.2 Å². The minimum absolute atomic E-state index is 0.259. The monoisotopic (exact) mass is 274 g/mol. The van der Waals surface area contributed by atoms with E-state index < -0.39 is 0 Å². The van der Waals surface area contributed by atoms with E-state index in [1.165, 1.54) is 5.56 Å². The SMILES string of the molecule is CC(C)NCCCC(=O)N1c2ccccc2CCC1C. The number of benzene rings is 1. The van der Waals surface area contributed by atoms with Crippen LogP contribution < -0.4 is 10.2 Å². The summed E-state index contributed by atoms with van der Waals surface area (Å²) in [6.07, 6.45) is 3.67. The zero-order valence-corrected chi connectivity index (χ0v) is 12.9. The molecule has 0 saturated heterocycles. The Morgan fingerprint density at radius 1 is 1.40 bits per heavy atom. The molecule has 0 bridgehead atoms. The number of hydrogen-bond donors (Lipinski definition) is 1. The molecule has 1 atom stereocenters. The Morgan fingerprint density at radius 3 is 2.90 bits per heavy atom. The van der Waals surface area contributed by atoms with Crippen LogP contribution in [0.15, 0.2) is 24.3 Å². The summed E-state index contributed by atoms with van der Waals surface area (Å²) in [5.41, 5.74) is 2.42. The highest BCUT2D eigenvalue weighted by atomic mass is 16.2. The first-order valence-electron chi connectivity index (χ1n) is 7.73. The number of carbonyl (C=O) groups is 1. The van der Waals surface area contributed by atoms with E-state index in [-0.39, 0.29) is 5.91 Å². The number of hydrogen-bond acceptors (Lipinski definition) is 2. The van der Waals surface area contributed by atoms with E-state index in [0.717, 1.165) is 31.5 Å². The third-order valence-corrected chi connectivity index (χ3v) is 3.91. The second-order valence-electron chi connectivity index (χ2n) is 5.99. The summed E-state index contributed by atoms with van der Waals surface area (Å²) in [6.45, 7) is 7.32. The summed E-state index contributed by atoms with van der Waals surface area (Å²) < 4.78 is 0. The van der Waals surface area contributed by atoms with Gasteiger partial charge in [-0.25, -0.2) is 0 Å². The minimum atomic E-state index is 0.259. The fourth-order valence-corrected chi connectivity index (χ4v) is 2.82. The summed E-state index contributed by atoms with van der Waals surface area (Å²) in [4.78, 5) is 14.5. The standard InChI is InChI=1S/C17H26N2O/c1-13(2)18-12-6-9-17(20)19-14(3)10-11-15-7-4-5-8-16(15)19/h4-5,7-8,13-14,18H,6,9-12H2,1-3H3. The van der Waals surface area contributed by atoms with Crippen LogP contribution in [-0.4, -0.2) is 24.5 Å². The molecule has 0 aliphatic carbocycles. The smallest absolute Gasteiger partial charge is 0.227 e. The number of nitrogens with one attached hydrogen (secondary N) is 1. The number of para-hydroxylation sites is 1. The number of nitrogens with zero attached hydrogens (tertiary/aromatic N) is 1. The molecule has 3 nitrogen and oxygen atoms in total. The summed E-state index contributed by atoms with van der Waals surface area (Å²) in [5.74, 6) is 0.259. The fourth-order valence-electron chi connectivity index (χ4n) is 2.82. The van der Waals surface area contributed by atoms with Crippen molar-refractivity contribution in [2.24, 2.45) is 0 Å². The van der Waals surface area contributed by atoms with Gasteiger partial charge in [0.2, 0.25) is 5.91 Å². The predicted octanol–water partition coefficient (Wildman–Crippen LogP) is 3.13. The maximum atomic E-state index is 12.5. The molecule has 0 aromatic heterocycles. The minimum Gasteiger partial charge on any atom is -0.315 e. The molecule has 20 heavy (non-hydrogen) atoms. The molecule has 1 unspecified atom stereocenters. The number of aryl methyl sites for hydroxylation is 1. The van der Waals surface area contributed by atoms with Gasteiger partial charge in [-0.15, -0.1) is 0 Å². The van der Waals surface area contributed by atoms with Crippen LogP contribution in [0, 0.1) is 0 Å². The summed E-state index contributed by atoms with van der Waals surface area (Å²) >= 11 is 0. The molecule has 0 saturated carbocycles. The van der Waals surface area contributed by atoms with E-state index in [9.17, 15) is 4.79 Å². The fraction of sp³-hybridized carbons (Fsp3) is 0.588. The van der Waals surface area contributed by atoms with Crippen LogP contribution in [0.25, 0.3) is 0 Å². The van der Waals surface area contributed by atoms with E-state index in [1.807, 2.05) is 11.0 Å². The van der Waals surface area contributed by atoms with Crippen molar-refractivity contribution in [2.45, 2.75) is 58.5 Å². The first-order valence-corrected chi connectivity index (χ1v) is 7.73. The molecule has 2 rings (SSSR count). The third kappa shape index (κ3) is 3.60. The van der Waals surface area contributed by atoms with E-state index in [2.05, 4.69) is 44.3 Å². The van der Waals surface area contributed by atoms with Crippen molar-refractivity contribution in [3.63, 3.8) is 0 Å². The average Bonchev–Trinajstić information content (AvgIpc) is 2.43. The van der Waals surface area contributed by atoms with Gasteiger partial charge in [0.05, 0.1) is 0 Å². The maximum absolute atomic E-state index is 12.5. The lowest BCUT2D eigenvalue weighted by Crippen LogP contribution is -2.42. The van der Waals surface area contributed by atoms with Gasteiger partial charge in [-0.3, -0.25) is 4.79 Å². The van der Waals surface area contributed by atoms with Gasteiger partial charge in [-0.05, 0) is 44.4 Å². The third-order valence-electron chi connectivity index (χ3n) is 3.91. The topological polar surface area (TPSA) is 32.3 Å².